The van der Waals surface area contributed by atoms with Gasteiger partial charge in [-0.2, -0.15) is 0 Å². The lowest BCUT2D eigenvalue weighted by Gasteiger charge is -2.09. The number of rotatable bonds is 6. The van der Waals surface area contributed by atoms with Gasteiger partial charge in [-0.3, -0.25) is 4.79 Å². The molecule has 0 unspecified atom stereocenters. The van der Waals surface area contributed by atoms with Crippen molar-refractivity contribution >= 4 is 34.2 Å². The molecule has 3 nitrogen and oxygen atoms in total. The maximum absolute atomic E-state index is 13.8. The molecule has 1 N–H and O–H groups in total. The molecule has 2 aromatic carbocycles. The zero-order valence-electron chi connectivity index (χ0n) is 12.2. The van der Waals surface area contributed by atoms with E-state index in [1.54, 1.807) is 36.4 Å². The second-order valence-corrected chi connectivity index (χ2v) is 6.05. The van der Waals surface area contributed by atoms with E-state index in [1.165, 1.54) is 6.07 Å². The summed E-state index contributed by atoms with van der Waals surface area (Å²) in [4.78, 5) is 12.2. The first kappa shape index (κ1) is 16.7. The van der Waals surface area contributed by atoms with Crippen LogP contribution in [0.2, 0.25) is 0 Å². The molecular weight excluding hydrogens is 396 g/mol. The fraction of sp³-hybridized carbons (Fsp3) is 0.235. The molecule has 0 aromatic heterocycles. The summed E-state index contributed by atoms with van der Waals surface area (Å²) >= 11 is 2.02. The minimum absolute atomic E-state index is 0.169. The van der Waals surface area contributed by atoms with Crippen LogP contribution in [0.15, 0.2) is 42.5 Å². The average Bonchev–Trinajstić information content (AvgIpc) is 2.50. The number of amides is 1. The summed E-state index contributed by atoms with van der Waals surface area (Å²) in [6, 6.07) is 11.6. The highest BCUT2D eigenvalue weighted by molar-refractivity contribution is 14.1. The third kappa shape index (κ3) is 4.69. The highest BCUT2D eigenvalue weighted by atomic mass is 127. The lowest BCUT2D eigenvalue weighted by Crippen LogP contribution is -2.13. The van der Waals surface area contributed by atoms with Gasteiger partial charge >= 0.3 is 0 Å². The van der Waals surface area contributed by atoms with Gasteiger partial charge in [-0.1, -0.05) is 19.4 Å². The second kappa shape index (κ2) is 8.12. The molecule has 0 aliphatic rings. The summed E-state index contributed by atoms with van der Waals surface area (Å²) in [5, 5.41) is 2.58. The molecule has 22 heavy (non-hydrogen) atoms. The Balaban J connectivity index is 2.07. The van der Waals surface area contributed by atoms with Gasteiger partial charge in [-0.15, -0.1) is 0 Å². The number of nitrogens with one attached hydrogen (secondary N) is 1. The highest BCUT2D eigenvalue weighted by Crippen LogP contribution is 2.19. The van der Waals surface area contributed by atoms with Gasteiger partial charge < -0.3 is 10.1 Å². The number of carbonyl (C=O) groups is 1. The third-order valence-corrected chi connectivity index (χ3v) is 3.71. The van der Waals surface area contributed by atoms with Gasteiger partial charge in [0.15, 0.2) is 0 Å². The lowest BCUT2D eigenvalue weighted by molar-refractivity contribution is 0.102. The lowest BCUT2D eigenvalue weighted by atomic mass is 10.2. The summed E-state index contributed by atoms with van der Waals surface area (Å²) in [6.45, 7) is 2.70. The van der Waals surface area contributed by atoms with Crippen LogP contribution in [0.4, 0.5) is 10.1 Å². The Bertz CT molecular complexity index is 661. The number of hydrogen-bond acceptors (Lipinski definition) is 2. The first-order valence-electron chi connectivity index (χ1n) is 7.09. The van der Waals surface area contributed by atoms with E-state index >= 15 is 0 Å². The molecule has 0 saturated carbocycles. The topological polar surface area (TPSA) is 38.3 Å². The maximum Gasteiger partial charge on any atom is 0.255 e. The summed E-state index contributed by atoms with van der Waals surface area (Å²) in [5.74, 6) is -0.166. The van der Waals surface area contributed by atoms with E-state index in [0.29, 0.717) is 17.9 Å². The fourth-order valence-corrected chi connectivity index (χ4v) is 2.30. The zero-order chi connectivity index (χ0) is 15.9. The van der Waals surface area contributed by atoms with Crippen LogP contribution in [-0.4, -0.2) is 12.5 Å². The molecule has 0 radical (unpaired) electrons. The molecule has 0 spiro atoms. The molecule has 0 bridgehead atoms. The van der Waals surface area contributed by atoms with E-state index in [9.17, 15) is 9.18 Å². The van der Waals surface area contributed by atoms with Gasteiger partial charge in [0.05, 0.1) is 12.3 Å². The number of unbranched alkanes of at least 4 members (excludes halogenated alkanes) is 1. The van der Waals surface area contributed by atoms with Crippen LogP contribution in [0.3, 0.4) is 0 Å². The predicted octanol–water partition coefficient (Wildman–Crippen LogP) is 4.86. The van der Waals surface area contributed by atoms with Gasteiger partial charge in [0.1, 0.15) is 11.6 Å². The van der Waals surface area contributed by atoms with Crippen molar-refractivity contribution in [2.24, 2.45) is 0 Å². The molecule has 0 atom stereocenters. The minimum atomic E-state index is -0.449. The predicted molar refractivity (Wildman–Crippen MR) is 93.9 cm³/mol. The molecule has 0 aliphatic heterocycles. The number of carbonyl (C=O) groups excluding carboxylic acids is 1. The van der Waals surface area contributed by atoms with Crippen LogP contribution in [0.1, 0.15) is 30.1 Å². The van der Waals surface area contributed by atoms with Crippen molar-refractivity contribution < 1.29 is 13.9 Å². The van der Waals surface area contributed by atoms with Crippen molar-refractivity contribution in [1.29, 1.82) is 0 Å². The number of benzene rings is 2. The van der Waals surface area contributed by atoms with E-state index in [-0.39, 0.29) is 11.6 Å². The van der Waals surface area contributed by atoms with E-state index in [2.05, 4.69) is 12.2 Å². The summed E-state index contributed by atoms with van der Waals surface area (Å²) in [5.41, 5.74) is 0.606. The molecule has 2 aromatic rings. The molecule has 116 valence electrons. The van der Waals surface area contributed by atoms with Gasteiger partial charge in [0, 0.05) is 9.13 Å². The van der Waals surface area contributed by atoms with Crippen LogP contribution < -0.4 is 10.1 Å². The molecule has 0 aliphatic carbocycles. The molecule has 0 heterocycles. The van der Waals surface area contributed by atoms with Gasteiger partial charge in [0.25, 0.3) is 5.91 Å². The first-order valence-corrected chi connectivity index (χ1v) is 8.17. The number of hydrogen-bond donors (Lipinski definition) is 1. The van der Waals surface area contributed by atoms with Crippen molar-refractivity contribution in [2.45, 2.75) is 19.8 Å². The fourth-order valence-electron chi connectivity index (χ4n) is 1.85. The maximum atomic E-state index is 13.8. The SMILES string of the molecule is CCCCOc1cccc(C(=O)Nc2ccc(I)cc2F)c1. The smallest absolute Gasteiger partial charge is 0.255 e. The standard InChI is InChI=1S/C17H17FINO2/c1-2-3-9-22-14-6-4-5-12(10-14)17(21)20-16-8-7-13(19)11-15(16)18/h4-8,10-11H,2-3,9H2,1H3,(H,20,21). The number of ether oxygens (including phenoxy) is 1. The molecular formula is C17H17FINO2. The van der Waals surface area contributed by atoms with Crippen LogP contribution in [0.5, 0.6) is 5.75 Å². The van der Waals surface area contributed by atoms with Gasteiger partial charge in [0.2, 0.25) is 0 Å². The highest BCUT2D eigenvalue weighted by Gasteiger charge is 2.10. The van der Waals surface area contributed by atoms with Crippen LogP contribution in [0, 0.1) is 9.39 Å². The summed E-state index contributed by atoms with van der Waals surface area (Å²) < 4.78 is 20.1. The Morgan fingerprint density at radius 3 is 2.82 bits per heavy atom. The van der Waals surface area contributed by atoms with Crippen molar-refractivity contribution in [1.82, 2.24) is 0 Å². The zero-order valence-corrected chi connectivity index (χ0v) is 14.4. The van der Waals surface area contributed by atoms with E-state index in [0.717, 1.165) is 16.4 Å². The van der Waals surface area contributed by atoms with Crippen LogP contribution in [-0.2, 0) is 0 Å². The molecule has 2 rings (SSSR count). The average molecular weight is 413 g/mol. The van der Waals surface area contributed by atoms with Crippen molar-refractivity contribution in [3.63, 3.8) is 0 Å². The Labute approximate surface area is 143 Å². The van der Waals surface area contributed by atoms with Gasteiger partial charge in [-0.25, -0.2) is 4.39 Å². The van der Waals surface area contributed by atoms with E-state index < -0.39 is 5.82 Å². The van der Waals surface area contributed by atoms with Crippen molar-refractivity contribution in [3.8, 4) is 5.75 Å². The quantitative estimate of drug-likeness (QED) is 0.543. The Morgan fingerprint density at radius 2 is 2.09 bits per heavy atom. The number of anilines is 1. The molecule has 0 saturated heterocycles. The van der Waals surface area contributed by atoms with E-state index in [1.807, 2.05) is 22.6 Å². The van der Waals surface area contributed by atoms with Crippen LogP contribution in [0.25, 0.3) is 0 Å². The summed E-state index contributed by atoms with van der Waals surface area (Å²) in [7, 11) is 0. The Morgan fingerprint density at radius 1 is 1.27 bits per heavy atom. The van der Waals surface area contributed by atoms with E-state index in [4.69, 9.17) is 4.74 Å². The molecule has 1 amide bonds. The van der Waals surface area contributed by atoms with Crippen LogP contribution >= 0.6 is 22.6 Å². The largest absolute Gasteiger partial charge is 0.494 e. The third-order valence-electron chi connectivity index (χ3n) is 3.04. The Kier molecular flexibility index (Phi) is 6.18. The Hall–Kier alpha value is -1.63. The molecule has 5 heteroatoms. The first-order chi connectivity index (χ1) is 10.6. The molecule has 0 fully saturated rings. The van der Waals surface area contributed by atoms with Gasteiger partial charge in [-0.05, 0) is 65.4 Å². The normalized spacial score (nSPS) is 10.3. The monoisotopic (exact) mass is 413 g/mol. The van der Waals surface area contributed by atoms with Crippen molar-refractivity contribution in [2.75, 3.05) is 11.9 Å². The minimum Gasteiger partial charge on any atom is -0.494 e. The summed E-state index contributed by atoms with van der Waals surface area (Å²) in [6.07, 6.45) is 2.01. The second-order valence-electron chi connectivity index (χ2n) is 4.81. The number of halogens is 2. The van der Waals surface area contributed by atoms with Crippen molar-refractivity contribution in [3.05, 3.63) is 57.4 Å².